The first kappa shape index (κ1) is 17.3. The summed E-state index contributed by atoms with van der Waals surface area (Å²) in [7, 11) is 3.96. The molecule has 0 saturated carbocycles. The van der Waals surface area contributed by atoms with Gasteiger partial charge in [0.2, 0.25) is 0 Å². The van der Waals surface area contributed by atoms with Gasteiger partial charge in [0.1, 0.15) is 0 Å². The molecule has 0 aliphatic heterocycles. The summed E-state index contributed by atoms with van der Waals surface area (Å²) in [5.41, 5.74) is 4.14. The summed E-state index contributed by atoms with van der Waals surface area (Å²) in [5.74, 6) is 0. The van der Waals surface area contributed by atoms with Crippen molar-refractivity contribution in [3.8, 4) is 0 Å². The third kappa shape index (κ3) is 4.97. The number of hydrogen-bond donors (Lipinski definition) is 3. The molecule has 1 aromatic carbocycles. The van der Waals surface area contributed by atoms with Gasteiger partial charge in [-0.15, -0.1) is 0 Å². The van der Waals surface area contributed by atoms with Crippen LogP contribution in [0.15, 0.2) is 35.0 Å². The van der Waals surface area contributed by atoms with Crippen LogP contribution in [0.2, 0.25) is 0 Å². The Morgan fingerprint density at radius 2 is 2.09 bits per heavy atom. The van der Waals surface area contributed by atoms with E-state index in [9.17, 15) is 9.90 Å². The number of rotatable bonds is 6. The number of anilines is 1. The molecule has 0 aliphatic carbocycles. The minimum absolute atomic E-state index is 0.191. The summed E-state index contributed by atoms with van der Waals surface area (Å²) in [6, 6.07) is 7.71. The molecule has 2 amide bonds. The molecule has 0 radical (unpaired) electrons. The Bertz CT molecular complexity index is 641. The number of hydrogen-bond acceptors (Lipinski definition) is 4. The van der Waals surface area contributed by atoms with E-state index in [4.69, 9.17) is 0 Å². The van der Waals surface area contributed by atoms with Gasteiger partial charge < -0.3 is 20.6 Å². The molecule has 23 heavy (non-hydrogen) atoms. The number of amides is 2. The predicted octanol–water partition coefficient (Wildman–Crippen LogP) is 2.66. The third-order valence-electron chi connectivity index (χ3n) is 3.55. The second-order valence-electron chi connectivity index (χ2n) is 5.66. The van der Waals surface area contributed by atoms with Gasteiger partial charge >= 0.3 is 6.03 Å². The highest BCUT2D eigenvalue weighted by Crippen LogP contribution is 2.20. The van der Waals surface area contributed by atoms with Crippen LogP contribution in [0, 0.1) is 6.92 Å². The van der Waals surface area contributed by atoms with Crippen LogP contribution in [0.5, 0.6) is 0 Å². The molecule has 0 saturated heterocycles. The average Bonchev–Trinajstić information content (AvgIpc) is 3.05. The number of carbonyl (C=O) groups is 1. The summed E-state index contributed by atoms with van der Waals surface area (Å²) < 4.78 is 0. The van der Waals surface area contributed by atoms with Gasteiger partial charge in [0.05, 0.1) is 6.10 Å². The first-order chi connectivity index (χ1) is 11.0. The molecule has 1 aromatic heterocycles. The highest BCUT2D eigenvalue weighted by molar-refractivity contribution is 7.07. The smallest absolute Gasteiger partial charge is 0.315 e. The van der Waals surface area contributed by atoms with Gasteiger partial charge in [-0.3, -0.25) is 0 Å². The fraction of sp³-hybridized carbons (Fsp3) is 0.353. The Kier molecular flexibility index (Phi) is 6.01. The number of nitrogens with one attached hydrogen (secondary N) is 2. The standard InChI is InChI=1S/C17H23N3O2S/c1-12-4-5-13(15(8-12)20(2)3)9-18-17(22)19-10-16(21)14-6-7-23-11-14/h4-8,11,16,21H,9-10H2,1-3H3,(H2,18,19,22). The Balaban J connectivity index is 1.85. The lowest BCUT2D eigenvalue weighted by Crippen LogP contribution is -2.37. The molecule has 0 fully saturated rings. The van der Waals surface area contributed by atoms with E-state index >= 15 is 0 Å². The van der Waals surface area contributed by atoms with Gasteiger partial charge in [-0.05, 0) is 46.5 Å². The molecule has 1 unspecified atom stereocenters. The van der Waals surface area contributed by atoms with Crippen LogP contribution in [0.3, 0.4) is 0 Å². The summed E-state index contributed by atoms with van der Waals surface area (Å²) in [4.78, 5) is 13.9. The zero-order valence-corrected chi connectivity index (χ0v) is 14.5. The molecule has 1 atom stereocenters. The van der Waals surface area contributed by atoms with E-state index in [1.54, 1.807) is 0 Å². The SMILES string of the molecule is Cc1ccc(CNC(=O)NCC(O)c2ccsc2)c(N(C)C)c1. The zero-order valence-electron chi connectivity index (χ0n) is 13.7. The Labute approximate surface area is 140 Å². The number of thiophene rings is 1. The normalized spacial score (nSPS) is 11.8. The van der Waals surface area contributed by atoms with Crippen molar-refractivity contribution >= 4 is 23.1 Å². The lowest BCUT2D eigenvalue weighted by Gasteiger charge is -2.19. The van der Waals surface area contributed by atoms with Crippen LogP contribution < -0.4 is 15.5 Å². The van der Waals surface area contributed by atoms with Crippen LogP contribution in [-0.4, -0.2) is 31.8 Å². The van der Waals surface area contributed by atoms with Crippen molar-refractivity contribution in [2.75, 3.05) is 25.5 Å². The molecular formula is C17H23N3O2S. The van der Waals surface area contributed by atoms with Crippen molar-refractivity contribution in [3.63, 3.8) is 0 Å². The third-order valence-corrected chi connectivity index (χ3v) is 4.25. The van der Waals surface area contributed by atoms with E-state index < -0.39 is 6.10 Å². The van der Waals surface area contributed by atoms with Crippen molar-refractivity contribution in [3.05, 3.63) is 51.7 Å². The number of aliphatic hydroxyl groups is 1. The minimum atomic E-state index is -0.677. The number of aryl methyl sites for hydroxylation is 1. The van der Waals surface area contributed by atoms with Gasteiger partial charge in [0.25, 0.3) is 0 Å². The van der Waals surface area contributed by atoms with Gasteiger partial charge in [-0.25, -0.2) is 4.79 Å². The predicted molar refractivity (Wildman–Crippen MR) is 95.0 cm³/mol. The summed E-state index contributed by atoms with van der Waals surface area (Å²) >= 11 is 1.52. The topological polar surface area (TPSA) is 64.6 Å². The maximum Gasteiger partial charge on any atom is 0.315 e. The summed E-state index contributed by atoms with van der Waals surface area (Å²) in [5, 5.41) is 19.2. The molecule has 0 bridgehead atoms. The van der Waals surface area contributed by atoms with Crippen molar-refractivity contribution in [1.29, 1.82) is 0 Å². The van der Waals surface area contributed by atoms with Crippen LogP contribution in [0.25, 0.3) is 0 Å². The highest BCUT2D eigenvalue weighted by Gasteiger charge is 2.10. The van der Waals surface area contributed by atoms with Gasteiger partial charge in [-0.2, -0.15) is 11.3 Å². The molecular weight excluding hydrogens is 310 g/mol. The molecule has 0 aliphatic rings. The van der Waals surface area contributed by atoms with Crippen LogP contribution in [-0.2, 0) is 6.54 Å². The van der Waals surface area contributed by atoms with Gasteiger partial charge in [0.15, 0.2) is 0 Å². The maximum atomic E-state index is 11.9. The lowest BCUT2D eigenvalue weighted by atomic mass is 10.1. The van der Waals surface area contributed by atoms with Gasteiger partial charge in [0, 0.05) is 32.9 Å². The number of urea groups is 1. The van der Waals surface area contributed by atoms with E-state index in [1.807, 2.05) is 54.9 Å². The van der Waals surface area contributed by atoms with E-state index in [2.05, 4.69) is 16.7 Å². The maximum absolute atomic E-state index is 11.9. The van der Waals surface area contributed by atoms with E-state index in [-0.39, 0.29) is 12.6 Å². The van der Waals surface area contributed by atoms with Crippen LogP contribution in [0.4, 0.5) is 10.5 Å². The first-order valence-corrected chi connectivity index (χ1v) is 8.40. The first-order valence-electron chi connectivity index (χ1n) is 7.46. The minimum Gasteiger partial charge on any atom is -0.387 e. The van der Waals surface area contributed by atoms with Crippen molar-refractivity contribution in [1.82, 2.24) is 10.6 Å². The molecule has 124 valence electrons. The molecule has 1 heterocycles. The number of nitrogens with zero attached hydrogens (tertiary/aromatic N) is 1. The quantitative estimate of drug-likeness (QED) is 0.761. The van der Waals surface area contributed by atoms with Gasteiger partial charge in [-0.1, -0.05) is 12.1 Å². The Hall–Kier alpha value is -2.05. The zero-order chi connectivity index (χ0) is 16.8. The highest BCUT2D eigenvalue weighted by atomic mass is 32.1. The lowest BCUT2D eigenvalue weighted by molar-refractivity contribution is 0.173. The van der Waals surface area contributed by atoms with Crippen LogP contribution >= 0.6 is 11.3 Å². The molecule has 2 aromatic rings. The number of benzene rings is 1. The van der Waals surface area contributed by atoms with E-state index in [1.165, 1.54) is 16.9 Å². The fourth-order valence-electron chi connectivity index (χ4n) is 2.25. The second-order valence-corrected chi connectivity index (χ2v) is 6.44. The summed E-state index contributed by atoms with van der Waals surface area (Å²) in [6.45, 7) is 2.67. The Morgan fingerprint density at radius 3 is 2.74 bits per heavy atom. The van der Waals surface area contributed by atoms with E-state index in [0.29, 0.717) is 6.54 Å². The number of carbonyl (C=O) groups excluding carboxylic acids is 1. The second kappa shape index (κ2) is 7.99. The Morgan fingerprint density at radius 1 is 1.30 bits per heavy atom. The monoisotopic (exact) mass is 333 g/mol. The molecule has 2 rings (SSSR count). The average molecular weight is 333 g/mol. The van der Waals surface area contributed by atoms with Crippen LogP contribution in [0.1, 0.15) is 22.8 Å². The molecule has 3 N–H and O–H groups in total. The number of aliphatic hydroxyl groups excluding tert-OH is 1. The van der Waals surface area contributed by atoms with Crippen molar-refractivity contribution < 1.29 is 9.90 Å². The van der Waals surface area contributed by atoms with Crippen molar-refractivity contribution in [2.45, 2.75) is 19.6 Å². The molecule has 6 heteroatoms. The van der Waals surface area contributed by atoms with E-state index in [0.717, 1.165) is 16.8 Å². The van der Waals surface area contributed by atoms with Crippen molar-refractivity contribution in [2.24, 2.45) is 0 Å². The largest absolute Gasteiger partial charge is 0.387 e. The molecule has 0 spiro atoms. The fourth-order valence-corrected chi connectivity index (χ4v) is 2.96. The molecule has 5 nitrogen and oxygen atoms in total. The summed E-state index contributed by atoms with van der Waals surface area (Å²) in [6.07, 6.45) is -0.677.